The Morgan fingerprint density at radius 2 is 2.00 bits per heavy atom. The van der Waals surface area contributed by atoms with Gasteiger partial charge in [0, 0.05) is 12.8 Å². The Hall–Kier alpha value is -1.66. The quantitative estimate of drug-likeness (QED) is 0.899. The van der Waals surface area contributed by atoms with E-state index < -0.39 is 5.60 Å². The molecule has 0 saturated heterocycles. The van der Waals surface area contributed by atoms with Crippen molar-refractivity contribution in [3.63, 3.8) is 0 Å². The number of aryl methyl sites for hydroxylation is 2. The molecule has 0 aliphatic heterocycles. The fraction of sp³-hybridized carbons (Fsp3) is 0.625. The molecule has 0 spiro atoms. The molecule has 3 rings (SSSR count). The highest BCUT2D eigenvalue weighted by atomic mass is 16.5. The minimum Gasteiger partial charge on any atom is -0.389 e. The van der Waals surface area contributed by atoms with Gasteiger partial charge < -0.3 is 20.1 Å². The highest BCUT2D eigenvalue weighted by Gasteiger charge is 2.25. The van der Waals surface area contributed by atoms with Crippen molar-refractivity contribution >= 4 is 16.9 Å². The maximum Gasteiger partial charge on any atom is 0.151 e. The number of ether oxygens (including phenoxy) is 1. The van der Waals surface area contributed by atoms with E-state index in [0.29, 0.717) is 19.0 Å². The summed E-state index contributed by atoms with van der Waals surface area (Å²) in [6, 6.07) is 0. The van der Waals surface area contributed by atoms with Crippen LogP contribution in [0.1, 0.15) is 43.8 Å². The number of nitrogen functional groups attached to an aromatic ring is 1. The number of aliphatic hydroxyl groups is 1. The standard InChI is InChI=1S/C16H24N4O2/c1-16(2,21)9-20-12(8-22-3)19-13-14(20)10-6-4-5-7-11(10)18-15(13)17/h21H,4-9H2,1-3H3,(H2,17,18). The fourth-order valence-electron chi connectivity index (χ4n) is 3.25. The van der Waals surface area contributed by atoms with Crippen LogP contribution in [0.15, 0.2) is 0 Å². The highest BCUT2D eigenvalue weighted by Crippen LogP contribution is 2.32. The van der Waals surface area contributed by atoms with Crippen molar-refractivity contribution in [1.82, 2.24) is 14.5 Å². The molecule has 3 N–H and O–H groups in total. The van der Waals surface area contributed by atoms with E-state index in [1.165, 1.54) is 5.56 Å². The Morgan fingerprint density at radius 1 is 1.27 bits per heavy atom. The second-order valence-electron chi connectivity index (χ2n) is 6.69. The smallest absolute Gasteiger partial charge is 0.151 e. The summed E-state index contributed by atoms with van der Waals surface area (Å²) in [6.45, 7) is 4.44. The molecule has 120 valence electrons. The summed E-state index contributed by atoms with van der Waals surface area (Å²) >= 11 is 0. The Kier molecular flexibility index (Phi) is 3.82. The molecule has 6 heteroatoms. The van der Waals surface area contributed by atoms with Crippen molar-refractivity contribution in [2.75, 3.05) is 12.8 Å². The summed E-state index contributed by atoms with van der Waals surface area (Å²) in [5.41, 5.74) is 9.36. The number of pyridine rings is 1. The number of hydrogen-bond donors (Lipinski definition) is 2. The van der Waals surface area contributed by atoms with Gasteiger partial charge in [-0.15, -0.1) is 0 Å². The van der Waals surface area contributed by atoms with Crippen LogP contribution in [0.3, 0.4) is 0 Å². The molecule has 2 aromatic rings. The van der Waals surface area contributed by atoms with E-state index in [9.17, 15) is 5.11 Å². The van der Waals surface area contributed by atoms with E-state index in [0.717, 1.165) is 48.2 Å². The average Bonchev–Trinajstić information content (AvgIpc) is 2.77. The molecule has 2 aromatic heterocycles. The van der Waals surface area contributed by atoms with Gasteiger partial charge in [0.25, 0.3) is 0 Å². The normalized spacial score (nSPS) is 15.3. The first-order chi connectivity index (χ1) is 10.4. The number of nitrogens with zero attached hydrogens (tertiary/aromatic N) is 3. The van der Waals surface area contributed by atoms with Crippen LogP contribution in [0.25, 0.3) is 11.0 Å². The second kappa shape index (κ2) is 5.52. The first-order valence-electron chi connectivity index (χ1n) is 7.78. The Labute approximate surface area is 130 Å². The second-order valence-corrected chi connectivity index (χ2v) is 6.69. The van der Waals surface area contributed by atoms with Crippen LogP contribution in [0.5, 0.6) is 0 Å². The molecule has 0 atom stereocenters. The van der Waals surface area contributed by atoms with Crippen molar-refractivity contribution in [2.45, 2.75) is 58.3 Å². The third kappa shape index (κ3) is 2.68. The van der Waals surface area contributed by atoms with Gasteiger partial charge in [0.2, 0.25) is 0 Å². The molecule has 0 aromatic carbocycles. The van der Waals surface area contributed by atoms with Gasteiger partial charge in [0.15, 0.2) is 5.82 Å². The van der Waals surface area contributed by atoms with Crippen molar-refractivity contribution in [3.05, 3.63) is 17.1 Å². The van der Waals surface area contributed by atoms with Gasteiger partial charge in [0.05, 0.1) is 17.7 Å². The molecule has 0 bridgehead atoms. The first-order valence-corrected chi connectivity index (χ1v) is 7.78. The first kappa shape index (κ1) is 15.2. The number of fused-ring (bicyclic) bond motifs is 3. The summed E-state index contributed by atoms with van der Waals surface area (Å²) in [7, 11) is 1.64. The topological polar surface area (TPSA) is 86.2 Å². The summed E-state index contributed by atoms with van der Waals surface area (Å²) in [6.07, 6.45) is 4.25. The lowest BCUT2D eigenvalue weighted by Gasteiger charge is -2.23. The molecule has 1 aliphatic carbocycles. The number of methoxy groups -OCH3 is 1. The summed E-state index contributed by atoms with van der Waals surface area (Å²) < 4.78 is 7.33. The average molecular weight is 304 g/mol. The van der Waals surface area contributed by atoms with Crippen LogP contribution < -0.4 is 5.73 Å². The third-order valence-electron chi connectivity index (χ3n) is 4.09. The molecule has 0 unspecified atom stereocenters. The number of aromatic nitrogens is 3. The van der Waals surface area contributed by atoms with E-state index in [1.54, 1.807) is 21.0 Å². The largest absolute Gasteiger partial charge is 0.389 e. The van der Waals surface area contributed by atoms with Crippen LogP contribution in [-0.2, 0) is 30.7 Å². The molecular weight excluding hydrogens is 280 g/mol. The molecule has 2 heterocycles. The maximum absolute atomic E-state index is 10.3. The summed E-state index contributed by atoms with van der Waals surface area (Å²) in [5, 5.41) is 10.3. The Morgan fingerprint density at radius 3 is 2.68 bits per heavy atom. The molecule has 0 saturated carbocycles. The van der Waals surface area contributed by atoms with Crippen LogP contribution in [0.4, 0.5) is 5.82 Å². The Bertz CT molecular complexity index is 700. The van der Waals surface area contributed by atoms with E-state index in [2.05, 4.69) is 14.5 Å². The minimum atomic E-state index is -0.838. The molecule has 1 aliphatic rings. The van der Waals surface area contributed by atoms with E-state index in [1.807, 2.05) is 0 Å². The van der Waals surface area contributed by atoms with Crippen molar-refractivity contribution in [2.24, 2.45) is 0 Å². The zero-order valence-corrected chi connectivity index (χ0v) is 13.5. The summed E-state index contributed by atoms with van der Waals surface area (Å²) in [4.78, 5) is 9.19. The number of anilines is 1. The SMILES string of the molecule is COCc1nc2c(N)nc3c(c2n1CC(C)(C)O)CCCC3. The van der Waals surface area contributed by atoms with Crippen molar-refractivity contribution in [3.8, 4) is 0 Å². The molecule has 0 fully saturated rings. The lowest BCUT2D eigenvalue weighted by molar-refractivity contribution is 0.0596. The number of hydrogen-bond acceptors (Lipinski definition) is 5. The van der Waals surface area contributed by atoms with Gasteiger partial charge in [-0.05, 0) is 45.1 Å². The molecular formula is C16H24N4O2. The van der Waals surface area contributed by atoms with Crippen molar-refractivity contribution in [1.29, 1.82) is 0 Å². The van der Waals surface area contributed by atoms with E-state index in [-0.39, 0.29) is 0 Å². The summed E-state index contributed by atoms with van der Waals surface area (Å²) in [5.74, 6) is 1.26. The molecule has 6 nitrogen and oxygen atoms in total. The monoisotopic (exact) mass is 304 g/mol. The van der Waals surface area contributed by atoms with Crippen LogP contribution in [0.2, 0.25) is 0 Å². The van der Waals surface area contributed by atoms with Gasteiger partial charge in [-0.25, -0.2) is 9.97 Å². The number of imidazole rings is 1. The lowest BCUT2D eigenvalue weighted by atomic mass is 9.94. The molecule has 0 amide bonds. The van der Waals surface area contributed by atoms with Gasteiger partial charge in [-0.1, -0.05) is 0 Å². The van der Waals surface area contributed by atoms with Crippen LogP contribution in [-0.4, -0.2) is 32.4 Å². The lowest BCUT2D eigenvalue weighted by Crippen LogP contribution is -2.27. The predicted octanol–water partition coefficient (Wildman–Crippen LogP) is 1.81. The Balaban J connectivity index is 2.27. The van der Waals surface area contributed by atoms with E-state index >= 15 is 0 Å². The highest BCUT2D eigenvalue weighted by molar-refractivity contribution is 5.89. The van der Waals surface area contributed by atoms with Crippen LogP contribution >= 0.6 is 0 Å². The zero-order valence-electron chi connectivity index (χ0n) is 13.5. The van der Waals surface area contributed by atoms with Gasteiger partial charge in [-0.2, -0.15) is 0 Å². The molecule has 0 radical (unpaired) electrons. The third-order valence-corrected chi connectivity index (χ3v) is 4.09. The van der Waals surface area contributed by atoms with Crippen LogP contribution in [0, 0.1) is 0 Å². The minimum absolute atomic E-state index is 0.388. The fourth-order valence-corrected chi connectivity index (χ4v) is 3.25. The van der Waals surface area contributed by atoms with Gasteiger partial charge >= 0.3 is 0 Å². The predicted molar refractivity (Wildman–Crippen MR) is 85.6 cm³/mol. The van der Waals surface area contributed by atoms with Gasteiger partial charge in [-0.3, -0.25) is 0 Å². The number of nitrogens with two attached hydrogens (primary N) is 1. The van der Waals surface area contributed by atoms with E-state index in [4.69, 9.17) is 10.5 Å². The maximum atomic E-state index is 10.3. The van der Waals surface area contributed by atoms with Gasteiger partial charge in [0.1, 0.15) is 17.9 Å². The molecule has 22 heavy (non-hydrogen) atoms. The number of rotatable bonds is 4. The zero-order chi connectivity index (χ0) is 15.9. The van der Waals surface area contributed by atoms with Crippen molar-refractivity contribution < 1.29 is 9.84 Å².